The number of carbonyl (C=O) groups is 2. The van der Waals surface area contributed by atoms with Gasteiger partial charge in [-0.25, -0.2) is 4.39 Å². The van der Waals surface area contributed by atoms with Gasteiger partial charge in [0.25, 0.3) is 0 Å². The number of nitrogens with zero attached hydrogens (tertiary/aromatic N) is 2. The molecule has 2 aromatic rings. The van der Waals surface area contributed by atoms with E-state index in [-0.39, 0.29) is 54.7 Å². The second-order valence-corrected chi connectivity index (χ2v) is 8.52. The first-order valence-electron chi connectivity index (χ1n) is 10.6. The van der Waals surface area contributed by atoms with Crippen molar-refractivity contribution in [3.63, 3.8) is 0 Å². The third-order valence-corrected chi connectivity index (χ3v) is 6.46. The third kappa shape index (κ3) is 3.70. The van der Waals surface area contributed by atoms with Crippen LogP contribution in [0.3, 0.4) is 0 Å². The van der Waals surface area contributed by atoms with Gasteiger partial charge in [0.2, 0.25) is 11.8 Å². The van der Waals surface area contributed by atoms with Crippen LogP contribution in [0.15, 0.2) is 48.5 Å². The quantitative estimate of drug-likeness (QED) is 0.777. The number of amides is 2. The average Bonchev–Trinajstić information content (AvgIpc) is 3.59. The highest BCUT2D eigenvalue weighted by molar-refractivity contribution is 5.89. The Hall–Kier alpha value is -3.17. The van der Waals surface area contributed by atoms with Crippen molar-refractivity contribution in [1.82, 2.24) is 9.80 Å². The zero-order chi connectivity index (χ0) is 21.5. The van der Waals surface area contributed by atoms with E-state index in [1.807, 2.05) is 24.3 Å². The molecule has 31 heavy (non-hydrogen) atoms. The number of carbonyl (C=O) groups excluding carboxylic acids is 2. The average molecular weight is 418 g/mol. The molecule has 0 spiro atoms. The van der Waals surface area contributed by atoms with Gasteiger partial charge in [0, 0.05) is 29.5 Å². The lowest BCUT2D eigenvalue weighted by Crippen LogP contribution is -2.73. The van der Waals surface area contributed by atoms with Crippen molar-refractivity contribution in [2.75, 3.05) is 19.7 Å². The molecule has 5 rings (SSSR count). The minimum atomic E-state index is -0.317. The fourth-order valence-corrected chi connectivity index (χ4v) is 4.76. The van der Waals surface area contributed by atoms with Gasteiger partial charge in [-0.2, -0.15) is 0 Å². The molecule has 5 nitrogen and oxygen atoms in total. The Morgan fingerprint density at radius 3 is 2.52 bits per heavy atom. The monoisotopic (exact) mass is 418 g/mol. The van der Waals surface area contributed by atoms with Crippen LogP contribution in [0.2, 0.25) is 0 Å². The SMILES string of the molecule is O=C(C1CC1)N1CC(=O)N2[C@H](C1)[C@@H](c1ccc(C#Cc3cccc(F)c3)cc1)[C@@H]2CO. The van der Waals surface area contributed by atoms with E-state index in [0.717, 1.165) is 24.0 Å². The number of rotatable bonds is 3. The van der Waals surface area contributed by atoms with E-state index in [1.165, 1.54) is 12.1 Å². The van der Waals surface area contributed by atoms with Crippen LogP contribution in [0.5, 0.6) is 0 Å². The lowest BCUT2D eigenvalue weighted by Gasteiger charge is -2.58. The van der Waals surface area contributed by atoms with Crippen molar-refractivity contribution in [3.05, 3.63) is 71.0 Å². The Balaban J connectivity index is 1.34. The van der Waals surface area contributed by atoms with Crippen molar-refractivity contribution in [1.29, 1.82) is 0 Å². The highest BCUT2D eigenvalue weighted by Gasteiger charge is 2.55. The molecule has 0 aromatic heterocycles. The molecule has 0 unspecified atom stereocenters. The van der Waals surface area contributed by atoms with Gasteiger partial charge in [0.15, 0.2) is 0 Å². The summed E-state index contributed by atoms with van der Waals surface area (Å²) in [5.41, 5.74) is 2.43. The first kappa shape index (κ1) is 19.8. The summed E-state index contributed by atoms with van der Waals surface area (Å²) in [4.78, 5) is 28.6. The van der Waals surface area contributed by atoms with Crippen LogP contribution in [0.4, 0.5) is 4.39 Å². The fourth-order valence-electron chi connectivity index (χ4n) is 4.76. The molecule has 1 saturated carbocycles. The number of benzene rings is 2. The zero-order valence-corrected chi connectivity index (χ0v) is 17.0. The molecule has 6 heteroatoms. The van der Waals surface area contributed by atoms with Crippen LogP contribution in [-0.2, 0) is 9.59 Å². The molecule has 3 aliphatic rings. The number of halogens is 1. The predicted octanol–water partition coefficient (Wildman–Crippen LogP) is 2.13. The number of piperazine rings is 1. The minimum Gasteiger partial charge on any atom is -0.394 e. The van der Waals surface area contributed by atoms with E-state index in [9.17, 15) is 19.1 Å². The van der Waals surface area contributed by atoms with E-state index < -0.39 is 0 Å². The molecule has 1 N–H and O–H groups in total. The molecular weight excluding hydrogens is 395 g/mol. The Labute approximate surface area is 180 Å². The van der Waals surface area contributed by atoms with Gasteiger partial charge in [-0.3, -0.25) is 9.59 Å². The van der Waals surface area contributed by atoms with Crippen LogP contribution in [0, 0.1) is 23.6 Å². The molecule has 2 amide bonds. The smallest absolute Gasteiger partial charge is 0.242 e. The number of fused-ring (bicyclic) bond motifs is 1. The number of hydrogen-bond donors (Lipinski definition) is 1. The van der Waals surface area contributed by atoms with Crippen LogP contribution in [0.1, 0.15) is 35.4 Å². The lowest BCUT2D eigenvalue weighted by molar-refractivity contribution is -0.167. The Morgan fingerprint density at radius 2 is 1.84 bits per heavy atom. The summed E-state index contributed by atoms with van der Waals surface area (Å²) < 4.78 is 13.3. The molecule has 0 bridgehead atoms. The second kappa shape index (κ2) is 7.82. The van der Waals surface area contributed by atoms with Crippen LogP contribution < -0.4 is 0 Å². The molecule has 0 radical (unpaired) electrons. The van der Waals surface area contributed by atoms with Crippen LogP contribution >= 0.6 is 0 Å². The molecule has 3 atom stereocenters. The number of aliphatic hydroxyl groups excluding tert-OH is 1. The van der Waals surface area contributed by atoms with Crippen molar-refractivity contribution in [2.24, 2.45) is 5.92 Å². The van der Waals surface area contributed by atoms with E-state index in [2.05, 4.69) is 11.8 Å². The van der Waals surface area contributed by atoms with Crippen LogP contribution in [-0.4, -0.2) is 58.5 Å². The van der Waals surface area contributed by atoms with E-state index in [0.29, 0.717) is 12.1 Å². The van der Waals surface area contributed by atoms with Gasteiger partial charge in [0.1, 0.15) is 5.82 Å². The first-order valence-corrected chi connectivity index (χ1v) is 10.6. The molecule has 3 fully saturated rings. The maximum absolute atomic E-state index is 13.3. The van der Waals surface area contributed by atoms with Crippen molar-refractivity contribution >= 4 is 11.8 Å². The molecule has 2 heterocycles. The Kier molecular flexibility index (Phi) is 4.99. The van der Waals surface area contributed by atoms with Gasteiger partial charge >= 0.3 is 0 Å². The zero-order valence-electron chi connectivity index (χ0n) is 17.0. The fraction of sp³-hybridized carbons (Fsp3) is 0.360. The van der Waals surface area contributed by atoms with Gasteiger partial charge in [-0.05, 0) is 48.7 Å². The largest absolute Gasteiger partial charge is 0.394 e. The Morgan fingerprint density at radius 1 is 1.10 bits per heavy atom. The topological polar surface area (TPSA) is 60.9 Å². The third-order valence-electron chi connectivity index (χ3n) is 6.46. The van der Waals surface area contributed by atoms with Crippen molar-refractivity contribution in [2.45, 2.75) is 30.8 Å². The summed E-state index contributed by atoms with van der Waals surface area (Å²) in [6.07, 6.45) is 1.83. The van der Waals surface area contributed by atoms with Gasteiger partial charge < -0.3 is 14.9 Å². The molecule has 158 valence electrons. The summed E-state index contributed by atoms with van der Waals surface area (Å²) in [6.45, 7) is 0.525. The van der Waals surface area contributed by atoms with E-state index >= 15 is 0 Å². The summed E-state index contributed by atoms with van der Waals surface area (Å²) in [5.74, 6) is 5.74. The summed E-state index contributed by atoms with van der Waals surface area (Å²) in [6, 6.07) is 13.5. The normalized spacial score (nSPS) is 24.7. The van der Waals surface area contributed by atoms with Gasteiger partial charge in [-0.15, -0.1) is 0 Å². The molecular formula is C25H23FN2O3. The molecule has 2 saturated heterocycles. The predicted molar refractivity (Wildman–Crippen MR) is 112 cm³/mol. The maximum atomic E-state index is 13.3. The minimum absolute atomic E-state index is 0.0195. The van der Waals surface area contributed by atoms with Gasteiger partial charge in [-0.1, -0.05) is 30.0 Å². The summed E-state index contributed by atoms with van der Waals surface area (Å²) in [5, 5.41) is 9.91. The highest BCUT2D eigenvalue weighted by atomic mass is 19.1. The molecule has 2 aliphatic heterocycles. The summed E-state index contributed by atoms with van der Waals surface area (Å²) in [7, 11) is 0. The number of aliphatic hydroxyl groups is 1. The van der Waals surface area contributed by atoms with E-state index in [1.54, 1.807) is 21.9 Å². The highest BCUT2D eigenvalue weighted by Crippen LogP contribution is 2.43. The van der Waals surface area contributed by atoms with Crippen LogP contribution in [0.25, 0.3) is 0 Å². The second-order valence-electron chi connectivity index (χ2n) is 8.52. The molecule has 2 aromatic carbocycles. The number of hydrogen-bond acceptors (Lipinski definition) is 3. The van der Waals surface area contributed by atoms with Crippen molar-refractivity contribution in [3.8, 4) is 11.8 Å². The Bertz CT molecular complexity index is 1080. The van der Waals surface area contributed by atoms with Crippen molar-refractivity contribution < 1.29 is 19.1 Å². The summed E-state index contributed by atoms with van der Waals surface area (Å²) >= 11 is 0. The van der Waals surface area contributed by atoms with E-state index in [4.69, 9.17) is 0 Å². The maximum Gasteiger partial charge on any atom is 0.242 e. The lowest BCUT2D eigenvalue weighted by atomic mass is 9.73. The standard InChI is InChI=1S/C25H23FN2O3/c26-20-3-1-2-17(12-20)5-4-16-6-8-18(9-7-16)24-21-13-27(25(31)19-10-11-19)14-23(30)28(21)22(24)15-29/h1-3,6-9,12,19,21-22,24,29H,10-11,13-15H2/t21-,22+,24-/m1/s1. The van der Waals surface area contributed by atoms with Gasteiger partial charge in [0.05, 0.1) is 25.2 Å². The molecule has 1 aliphatic carbocycles. The first-order chi connectivity index (χ1) is 15.0.